The first kappa shape index (κ1) is 14.9. The van der Waals surface area contributed by atoms with Crippen LogP contribution in [0.5, 0.6) is 0 Å². The predicted molar refractivity (Wildman–Crippen MR) is 76.8 cm³/mol. The van der Waals surface area contributed by atoms with Crippen molar-refractivity contribution in [3.8, 4) is 0 Å². The summed E-state index contributed by atoms with van der Waals surface area (Å²) >= 11 is 0. The number of nitrogens with zero attached hydrogens (tertiary/aromatic N) is 4. The number of ketones is 1. The lowest BCUT2D eigenvalue weighted by molar-refractivity contribution is -0.136. The molecule has 0 amide bonds. The quantitative estimate of drug-likeness (QED) is 0.848. The van der Waals surface area contributed by atoms with Crippen LogP contribution in [0.25, 0.3) is 4.85 Å². The van der Waals surface area contributed by atoms with E-state index >= 15 is 0 Å². The molecule has 0 radical (unpaired) electrons. The van der Waals surface area contributed by atoms with Crippen LogP contribution in [-0.4, -0.2) is 31.3 Å². The summed E-state index contributed by atoms with van der Waals surface area (Å²) < 4.78 is 1.42. The van der Waals surface area contributed by atoms with Gasteiger partial charge < -0.3 is 5.11 Å². The van der Waals surface area contributed by atoms with Crippen LogP contribution in [0, 0.1) is 13.5 Å². The summed E-state index contributed by atoms with van der Waals surface area (Å²) in [5.41, 5.74) is 0.663. The highest BCUT2D eigenvalue weighted by atomic mass is 16.3. The van der Waals surface area contributed by atoms with E-state index in [-0.39, 0.29) is 18.7 Å². The van der Waals surface area contributed by atoms with Gasteiger partial charge >= 0.3 is 0 Å². The van der Waals surface area contributed by atoms with Gasteiger partial charge in [0.05, 0.1) is 13.1 Å². The van der Waals surface area contributed by atoms with Gasteiger partial charge in [0.2, 0.25) is 0 Å². The van der Waals surface area contributed by atoms with E-state index in [4.69, 9.17) is 6.57 Å². The Balaban J connectivity index is 2.10. The maximum atomic E-state index is 12.3. The third-order valence-electron chi connectivity index (χ3n) is 3.28. The summed E-state index contributed by atoms with van der Waals surface area (Å²) in [5, 5.41) is 14.2. The first-order valence-electron chi connectivity index (χ1n) is 6.47. The Morgan fingerprint density at radius 3 is 2.86 bits per heavy atom. The van der Waals surface area contributed by atoms with Crippen LogP contribution in [0.15, 0.2) is 30.9 Å². The average molecular weight is 284 g/mol. The zero-order chi connectivity index (χ0) is 15.5. The van der Waals surface area contributed by atoms with Gasteiger partial charge in [0.25, 0.3) is 0 Å². The van der Waals surface area contributed by atoms with Gasteiger partial charge in [0.1, 0.15) is 18.3 Å². The van der Waals surface area contributed by atoms with E-state index in [0.29, 0.717) is 5.69 Å². The molecule has 0 bridgehead atoms. The molecule has 0 spiro atoms. The van der Waals surface area contributed by atoms with Crippen molar-refractivity contribution < 1.29 is 9.90 Å². The monoisotopic (exact) mass is 284 g/mol. The van der Waals surface area contributed by atoms with Crippen molar-refractivity contribution in [3.63, 3.8) is 0 Å². The zero-order valence-corrected chi connectivity index (χ0v) is 11.9. The Morgan fingerprint density at radius 1 is 1.52 bits per heavy atom. The van der Waals surface area contributed by atoms with Crippen molar-refractivity contribution in [2.45, 2.75) is 32.4 Å². The number of carbonyl (C=O) groups excluding carboxylic acids is 1. The minimum atomic E-state index is -1.51. The van der Waals surface area contributed by atoms with Crippen LogP contribution < -0.4 is 0 Å². The Labute approximate surface area is 122 Å². The molecule has 108 valence electrons. The number of aryl methyl sites for hydroxylation is 1. The molecule has 0 aliphatic heterocycles. The molecule has 6 heteroatoms. The molecule has 0 saturated heterocycles. The van der Waals surface area contributed by atoms with E-state index in [1.807, 2.05) is 6.92 Å². The van der Waals surface area contributed by atoms with E-state index in [1.165, 1.54) is 24.3 Å². The van der Waals surface area contributed by atoms with Crippen LogP contribution in [0.4, 0.5) is 5.69 Å². The van der Waals surface area contributed by atoms with Crippen LogP contribution in [0.2, 0.25) is 0 Å². The van der Waals surface area contributed by atoms with E-state index in [0.717, 1.165) is 11.1 Å². The molecule has 0 fully saturated rings. The second-order valence-corrected chi connectivity index (χ2v) is 5.20. The van der Waals surface area contributed by atoms with Gasteiger partial charge in [-0.05, 0) is 25.0 Å². The zero-order valence-electron chi connectivity index (χ0n) is 11.9. The number of aromatic nitrogens is 3. The molecule has 0 aliphatic rings. The van der Waals surface area contributed by atoms with Gasteiger partial charge in [0, 0.05) is 6.42 Å². The van der Waals surface area contributed by atoms with Gasteiger partial charge in [-0.3, -0.25) is 4.79 Å². The number of carbonyl (C=O) groups is 1. The number of benzene rings is 1. The van der Waals surface area contributed by atoms with E-state index in [2.05, 4.69) is 14.9 Å². The Hall–Kier alpha value is -2.52. The number of Topliss-reactive ketones (excluding diaryl/α,β-unsaturated/α-hetero) is 1. The molecule has 2 aromatic rings. The summed E-state index contributed by atoms with van der Waals surface area (Å²) in [6, 6.07) is 5.23. The number of hydrogen-bond donors (Lipinski definition) is 1. The van der Waals surface area contributed by atoms with Gasteiger partial charge in [-0.2, -0.15) is 5.10 Å². The van der Waals surface area contributed by atoms with Crippen molar-refractivity contribution >= 4 is 11.5 Å². The number of hydrogen-bond acceptors (Lipinski definition) is 4. The molecule has 0 saturated carbocycles. The minimum absolute atomic E-state index is 0.0605. The average Bonchev–Trinajstić information content (AvgIpc) is 2.91. The number of aliphatic hydroxyl groups is 1. The van der Waals surface area contributed by atoms with Crippen molar-refractivity contribution in [3.05, 3.63) is 53.4 Å². The Bertz CT molecular complexity index is 684. The van der Waals surface area contributed by atoms with E-state index in [9.17, 15) is 9.90 Å². The van der Waals surface area contributed by atoms with Gasteiger partial charge in [-0.1, -0.05) is 18.2 Å². The second-order valence-electron chi connectivity index (χ2n) is 5.20. The largest absolute Gasteiger partial charge is 0.380 e. The smallest absolute Gasteiger partial charge is 0.190 e. The summed E-state index contributed by atoms with van der Waals surface area (Å²) in [4.78, 5) is 19.4. The highest BCUT2D eigenvalue weighted by Gasteiger charge is 2.30. The molecule has 0 aliphatic carbocycles. The molecular formula is C15H16N4O2. The molecular weight excluding hydrogens is 268 g/mol. The molecule has 1 atom stereocenters. The third kappa shape index (κ3) is 3.52. The van der Waals surface area contributed by atoms with Crippen molar-refractivity contribution in [2.75, 3.05) is 0 Å². The van der Waals surface area contributed by atoms with Crippen LogP contribution in [0.1, 0.15) is 18.1 Å². The van der Waals surface area contributed by atoms with E-state index < -0.39 is 5.60 Å². The van der Waals surface area contributed by atoms with Crippen molar-refractivity contribution in [2.24, 2.45) is 0 Å². The molecule has 1 aromatic carbocycles. The molecule has 1 heterocycles. The molecule has 21 heavy (non-hydrogen) atoms. The topological polar surface area (TPSA) is 72.4 Å². The maximum absolute atomic E-state index is 12.3. The summed E-state index contributed by atoms with van der Waals surface area (Å²) in [6.45, 7) is 10.4. The highest BCUT2D eigenvalue weighted by Crippen LogP contribution is 2.21. The Kier molecular flexibility index (Phi) is 4.15. The molecule has 0 unspecified atom stereocenters. The first-order chi connectivity index (χ1) is 9.92. The van der Waals surface area contributed by atoms with Crippen molar-refractivity contribution in [1.82, 2.24) is 14.8 Å². The lowest BCUT2D eigenvalue weighted by Crippen LogP contribution is -2.40. The lowest BCUT2D eigenvalue weighted by atomic mass is 9.94. The van der Waals surface area contributed by atoms with E-state index in [1.54, 1.807) is 18.2 Å². The summed E-state index contributed by atoms with van der Waals surface area (Å²) in [5.74, 6) is -0.298. The standard InChI is InChI=1S/C15H16N4O2/c1-11-6-12(4-5-13(11)16-3)7-14(20)15(2,21)8-19-10-17-9-18-19/h4-6,9-10,21H,7-8H2,1-2H3/t15-/m0/s1. The van der Waals surface area contributed by atoms with Crippen LogP contribution in [-0.2, 0) is 17.8 Å². The van der Waals surface area contributed by atoms with Gasteiger partial charge in [-0.15, -0.1) is 0 Å². The van der Waals surface area contributed by atoms with Crippen LogP contribution in [0.3, 0.4) is 0 Å². The fraction of sp³-hybridized carbons (Fsp3) is 0.333. The minimum Gasteiger partial charge on any atom is -0.380 e. The first-order valence-corrected chi connectivity index (χ1v) is 6.47. The molecule has 2 rings (SSSR count). The number of rotatable bonds is 5. The van der Waals surface area contributed by atoms with Crippen molar-refractivity contribution in [1.29, 1.82) is 0 Å². The lowest BCUT2D eigenvalue weighted by Gasteiger charge is -2.21. The summed E-state index contributed by atoms with van der Waals surface area (Å²) in [6.07, 6.45) is 2.92. The second kappa shape index (κ2) is 5.85. The third-order valence-corrected chi connectivity index (χ3v) is 3.28. The van der Waals surface area contributed by atoms with Gasteiger partial charge in [-0.25, -0.2) is 14.5 Å². The molecule has 1 N–H and O–H groups in total. The molecule has 6 nitrogen and oxygen atoms in total. The van der Waals surface area contributed by atoms with Gasteiger partial charge in [0.15, 0.2) is 11.5 Å². The fourth-order valence-electron chi connectivity index (χ4n) is 2.05. The highest BCUT2D eigenvalue weighted by molar-refractivity contribution is 5.88. The Morgan fingerprint density at radius 2 is 2.29 bits per heavy atom. The maximum Gasteiger partial charge on any atom is 0.190 e. The predicted octanol–water partition coefficient (Wildman–Crippen LogP) is 1.70. The summed E-state index contributed by atoms with van der Waals surface area (Å²) in [7, 11) is 0. The normalized spacial score (nSPS) is 13.4. The van der Waals surface area contributed by atoms with Crippen LogP contribution >= 0.6 is 0 Å². The fourth-order valence-corrected chi connectivity index (χ4v) is 2.05. The SMILES string of the molecule is [C-]#[N+]c1ccc(CC(=O)[C@@](C)(O)Cn2cncn2)cc1C. The molecule has 1 aromatic heterocycles.